The summed E-state index contributed by atoms with van der Waals surface area (Å²) in [7, 11) is 1.15. The van der Waals surface area contributed by atoms with Gasteiger partial charge in [-0.1, -0.05) is 11.6 Å². The Hall–Kier alpha value is -2.21. The first-order valence-corrected chi connectivity index (χ1v) is 5.56. The molecular weight excluding hydrogens is 273 g/mol. The molecule has 1 heterocycles. The van der Waals surface area contributed by atoms with Gasteiger partial charge in [0.05, 0.1) is 12.1 Å². The number of aromatic nitrogens is 2. The molecule has 2 N–H and O–H groups in total. The summed E-state index contributed by atoms with van der Waals surface area (Å²) in [4.78, 5) is 19.1. The molecule has 0 fully saturated rings. The molecule has 0 aliphatic heterocycles. The molecule has 0 bridgehead atoms. The number of nitrogen functional groups attached to an aromatic ring is 1. The number of carbonyl (C=O) groups is 1. The topological polar surface area (TPSA) is 78.1 Å². The minimum Gasteiger partial charge on any atom is -0.465 e. The number of halogens is 2. The lowest BCUT2D eigenvalue weighted by molar-refractivity contribution is 0.0596. The zero-order chi connectivity index (χ0) is 14.0. The van der Waals surface area contributed by atoms with Crippen molar-refractivity contribution in [2.45, 2.75) is 0 Å². The number of hydrogen-bond acceptors (Lipinski definition) is 5. The number of methoxy groups -OCH3 is 1. The van der Waals surface area contributed by atoms with Gasteiger partial charge in [0.15, 0.2) is 0 Å². The highest BCUT2D eigenvalue weighted by atomic mass is 35.5. The minimum atomic E-state index is -0.847. The average Bonchev–Trinajstić information content (AvgIpc) is 2.40. The van der Waals surface area contributed by atoms with E-state index in [-0.39, 0.29) is 16.5 Å². The Morgan fingerprint density at radius 2 is 2.00 bits per heavy atom. The Labute approximate surface area is 113 Å². The number of ether oxygens (including phenoxy) is 1. The number of rotatable bonds is 2. The minimum absolute atomic E-state index is 0.0554. The maximum Gasteiger partial charge on any atom is 0.342 e. The van der Waals surface area contributed by atoms with Crippen molar-refractivity contribution >= 4 is 23.5 Å². The molecule has 0 atom stereocenters. The second kappa shape index (κ2) is 5.19. The van der Waals surface area contributed by atoms with Crippen molar-refractivity contribution in [1.29, 1.82) is 0 Å². The van der Waals surface area contributed by atoms with Crippen LogP contribution in [0.4, 0.5) is 10.3 Å². The van der Waals surface area contributed by atoms with E-state index in [4.69, 9.17) is 17.3 Å². The lowest BCUT2D eigenvalue weighted by Gasteiger charge is -2.09. The molecule has 7 heteroatoms. The Bertz CT molecular complexity index is 632. The standard InChI is InChI=1S/C12H9ClFN3O2/c1-19-11(18)9-8(14)3-2-7(10(9)13)6-4-16-12(15)17-5-6/h2-5H,1H3,(H2,15,16,17). The third kappa shape index (κ3) is 2.48. The average molecular weight is 282 g/mol. The van der Waals surface area contributed by atoms with Gasteiger partial charge in [0.2, 0.25) is 5.95 Å². The largest absolute Gasteiger partial charge is 0.465 e. The summed E-state index contributed by atoms with van der Waals surface area (Å²) >= 11 is 6.03. The molecule has 5 nitrogen and oxygen atoms in total. The highest BCUT2D eigenvalue weighted by Gasteiger charge is 2.20. The van der Waals surface area contributed by atoms with Crippen LogP contribution in [0.15, 0.2) is 24.5 Å². The van der Waals surface area contributed by atoms with E-state index in [0.29, 0.717) is 11.1 Å². The third-order valence-electron chi connectivity index (χ3n) is 2.46. The van der Waals surface area contributed by atoms with Crippen LogP contribution in [0.5, 0.6) is 0 Å². The van der Waals surface area contributed by atoms with E-state index >= 15 is 0 Å². The molecule has 0 saturated heterocycles. The van der Waals surface area contributed by atoms with Gasteiger partial charge in [0, 0.05) is 23.5 Å². The van der Waals surface area contributed by atoms with E-state index < -0.39 is 11.8 Å². The zero-order valence-electron chi connectivity index (χ0n) is 9.85. The van der Waals surface area contributed by atoms with Gasteiger partial charge in [-0.05, 0) is 12.1 Å². The van der Waals surface area contributed by atoms with Crippen LogP contribution >= 0.6 is 11.6 Å². The normalized spacial score (nSPS) is 10.3. The molecule has 1 aromatic carbocycles. The van der Waals surface area contributed by atoms with Crippen LogP contribution in [0, 0.1) is 5.82 Å². The Morgan fingerprint density at radius 1 is 1.37 bits per heavy atom. The maximum absolute atomic E-state index is 13.6. The summed E-state index contributed by atoms with van der Waals surface area (Å²) in [5, 5.41) is -0.0554. The maximum atomic E-state index is 13.6. The van der Waals surface area contributed by atoms with Crippen molar-refractivity contribution in [1.82, 2.24) is 9.97 Å². The van der Waals surface area contributed by atoms with E-state index in [1.165, 1.54) is 18.5 Å². The molecule has 0 aliphatic rings. The molecule has 0 aliphatic carbocycles. The number of hydrogen-bond donors (Lipinski definition) is 1. The predicted octanol–water partition coefficient (Wildman–Crippen LogP) is 2.30. The fraction of sp³-hybridized carbons (Fsp3) is 0.0833. The first kappa shape index (κ1) is 13.2. The van der Waals surface area contributed by atoms with E-state index in [1.807, 2.05) is 0 Å². The monoisotopic (exact) mass is 281 g/mol. The fourth-order valence-corrected chi connectivity index (χ4v) is 1.88. The lowest BCUT2D eigenvalue weighted by Crippen LogP contribution is -2.06. The zero-order valence-corrected chi connectivity index (χ0v) is 10.6. The van der Waals surface area contributed by atoms with Crippen molar-refractivity contribution < 1.29 is 13.9 Å². The van der Waals surface area contributed by atoms with Crippen molar-refractivity contribution in [3.8, 4) is 11.1 Å². The number of nitrogens with zero attached hydrogens (tertiary/aromatic N) is 2. The van der Waals surface area contributed by atoms with Crippen molar-refractivity contribution in [2.75, 3.05) is 12.8 Å². The van der Waals surface area contributed by atoms with Gasteiger partial charge in [-0.15, -0.1) is 0 Å². The van der Waals surface area contributed by atoms with Crippen LogP contribution < -0.4 is 5.73 Å². The molecular formula is C12H9ClFN3O2. The summed E-state index contributed by atoms with van der Waals surface area (Å²) < 4.78 is 18.1. The lowest BCUT2D eigenvalue weighted by atomic mass is 10.1. The van der Waals surface area contributed by atoms with Crippen LogP contribution in [-0.4, -0.2) is 23.0 Å². The molecule has 0 amide bonds. The molecule has 0 unspecified atom stereocenters. The molecule has 19 heavy (non-hydrogen) atoms. The summed E-state index contributed by atoms with van der Waals surface area (Å²) in [6.45, 7) is 0. The van der Waals surface area contributed by atoms with Crippen LogP contribution in [0.1, 0.15) is 10.4 Å². The summed E-state index contributed by atoms with van der Waals surface area (Å²) in [5.41, 5.74) is 5.99. The smallest absolute Gasteiger partial charge is 0.342 e. The van der Waals surface area contributed by atoms with Gasteiger partial charge in [-0.25, -0.2) is 19.2 Å². The van der Waals surface area contributed by atoms with Gasteiger partial charge in [0.1, 0.15) is 11.4 Å². The van der Waals surface area contributed by atoms with Crippen LogP contribution in [0.2, 0.25) is 5.02 Å². The van der Waals surface area contributed by atoms with E-state index in [1.54, 1.807) is 0 Å². The van der Waals surface area contributed by atoms with Crippen LogP contribution in [0.3, 0.4) is 0 Å². The molecule has 0 radical (unpaired) electrons. The third-order valence-corrected chi connectivity index (χ3v) is 2.86. The van der Waals surface area contributed by atoms with E-state index in [9.17, 15) is 9.18 Å². The van der Waals surface area contributed by atoms with E-state index in [2.05, 4.69) is 14.7 Å². The summed E-state index contributed by atoms with van der Waals surface area (Å²) in [6.07, 6.45) is 2.87. The van der Waals surface area contributed by atoms with E-state index in [0.717, 1.165) is 13.2 Å². The molecule has 98 valence electrons. The summed E-state index contributed by atoms with van der Waals surface area (Å²) in [6, 6.07) is 2.56. The van der Waals surface area contributed by atoms with Crippen molar-refractivity contribution in [3.05, 3.63) is 40.9 Å². The quantitative estimate of drug-likeness (QED) is 0.855. The molecule has 2 aromatic rings. The SMILES string of the molecule is COC(=O)c1c(F)ccc(-c2cnc(N)nc2)c1Cl. The van der Waals surface area contributed by atoms with Gasteiger partial charge >= 0.3 is 5.97 Å². The Morgan fingerprint density at radius 3 is 2.58 bits per heavy atom. The van der Waals surface area contributed by atoms with Gasteiger partial charge in [-0.3, -0.25) is 0 Å². The van der Waals surface area contributed by atoms with Gasteiger partial charge in [0.25, 0.3) is 0 Å². The Kier molecular flexibility index (Phi) is 3.62. The molecule has 0 saturated carbocycles. The van der Waals surface area contributed by atoms with Crippen LogP contribution in [-0.2, 0) is 4.74 Å². The number of esters is 1. The van der Waals surface area contributed by atoms with Gasteiger partial charge < -0.3 is 10.5 Å². The number of carbonyl (C=O) groups excluding carboxylic acids is 1. The highest BCUT2D eigenvalue weighted by molar-refractivity contribution is 6.36. The van der Waals surface area contributed by atoms with Crippen LogP contribution in [0.25, 0.3) is 11.1 Å². The Balaban J connectivity index is 2.60. The number of anilines is 1. The van der Waals surface area contributed by atoms with Crippen molar-refractivity contribution in [2.24, 2.45) is 0 Å². The fourth-order valence-electron chi connectivity index (χ4n) is 1.54. The summed E-state index contributed by atoms with van der Waals surface area (Å²) in [5.74, 6) is -1.49. The van der Waals surface area contributed by atoms with Crippen molar-refractivity contribution in [3.63, 3.8) is 0 Å². The first-order valence-electron chi connectivity index (χ1n) is 5.18. The molecule has 0 spiro atoms. The second-order valence-corrected chi connectivity index (χ2v) is 3.98. The highest BCUT2D eigenvalue weighted by Crippen LogP contribution is 2.32. The molecule has 1 aromatic heterocycles. The molecule has 2 rings (SSSR count). The van der Waals surface area contributed by atoms with Gasteiger partial charge in [-0.2, -0.15) is 0 Å². The second-order valence-electron chi connectivity index (χ2n) is 3.61. The first-order chi connectivity index (χ1) is 9.04. The number of nitrogens with two attached hydrogens (primary N) is 1. The number of benzene rings is 1. The predicted molar refractivity (Wildman–Crippen MR) is 68.2 cm³/mol.